The number of aryl methyl sites for hydroxylation is 1. The van der Waals surface area contributed by atoms with Gasteiger partial charge in [0.25, 0.3) is 0 Å². The van der Waals surface area contributed by atoms with Crippen LogP contribution in [-0.2, 0) is 0 Å². The van der Waals surface area contributed by atoms with Crippen LogP contribution in [0.2, 0.25) is 0 Å². The number of carbonyl (C=O) groups is 1. The highest BCUT2D eigenvalue weighted by atomic mass is 19.4. The molecule has 0 spiro atoms. The SMILES string of the molecule is Cc1cc(-c2cnc3c(NCCC(F)(F)F)cc(Oc4cccc(F)c4)nn23)ccc1C(=O)CC1CC1. The van der Waals surface area contributed by atoms with E-state index in [2.05, 4.69) is 15.4 Å². The van der Waals surface area contributed by atoms with Gasteiger partial charge in [-0.3, -0.25) is 4.79 Å². The highest BCUT2D eigenvalue weighted by Crippen LogP contribution is 2.35. The van der Waals surface area contributed by atoms with Crippen LogP contribution >= 0.6 is 0 Å². The van der Waals surface area contributed by atoms with Crippen LogP contribution < -0.4 is 10.1 Å². The van der Waals surface area contributed by atoms with Crippen molar-refractivity contribution in [1.29, 1.82) is 0 Å². The molecule has 0 aliphatic heterocycles. The third kappa shape index (κ3) is 5.90. The van der Waals surface area contributed by atoms with Gasteiger partial charge in [0, 0.05) is 36.2 Å². The fraction of sp³-hybridized carbons (Fsp3) is 0.296. The molecule has 1 aliphatic carbocycles. The van der Waals surface area contributed by atoms with E-state index < -0.39 is 18.4 Å². The van der Waals surface area contributed by atoms with Crippen molar-refractivity contribution in [1.82, 2.24) is 14.6 Å². The van der Waals surface area contributed by atoms with Gasteiger partial charge in [0.2, 0.25) is 5.88 Å². The minimum Gasteiger partial charge on any atom is -0.437 e. The molecule has 2 aromatic heterocycles. The minimum atomic E-state index is -4.33. The van der Waals surface area contributed by atoms with Crippen LogP contribution in [0.5, 0.6) is 11.6 Å². The van der Waals surface area contributed by atoms with Crippen molar-refractivity contribution in [2.75, 3.05) is 11.9 Å². The number of ketones is 1. The van der Waals surface area contributed by atoms with E-state index in [1.807, 2.05) is 13.0 Å². The first-order valence-electron chi connectivity index (χ1n) is 11.9. The number of ether oxygens (including phenoxy) is 1. The Morgan fingerprint density at radius 3 is 2.68 bits per heavy atom. The third-order valence-corrected chi connectivity index (χ3v) is 6.18. The molecule has 1 aliphatic rings. The number of nitrogens with one attached hydrogen (secondary N) is 1. The van der Waals surface area contributed by atoms with Gasteiger partial charge in [0.05, 0.1) is 24.0 Å². The number of Topliss-reactive ketones (excluding diaryl/α,β-unsaturated/α-hetero) is 1. The first-order valence-corrected chi connectivity index (χ1v) is 11.9. The van der Waals surface area contributed by atoms with Crippen LogP contribution in [0.3, 0.4) is 0 Å². The van der Waals surface area contributed by atoms with E-state index >= 15 is 0 Å². The Morgan fingerprint density at radius 1 is 1.16 bits per heavy atom. The van der Waals surface area contributed by atoms with Gasteiger partial charge in [0.15, 0.2) is 11.4 Å². The first-order chi connectivity index (χ1) is 17.7. The Morgan fingerprint density at radius 2 is 1.97 bits per heavy atom. The number of nitrogens with zero attached hydrogens (tertiary/aromatic N) is 3. The molecule has 192 valence electrons. The Balaban J connectivity index is 1.51. The monoisotopic (exact) mass is 512 g/mol. The molecule has 37 heavy (non-hydrogen) atoms. The Hall–Kier alpha value is -3.95. The number of halogens is 4. The van der Waals surface area contributed by atoms with E-state index in [4.69, 9.17) is 4.74 Å². The summed E-state index contributed by atoms with van der Waals surface area (Å²) in [6.45, 7) is 1.49. The van der Waals surface area contributed by atoms with E-state index in [0.717, 1.165) is 24.0 Å². The zero-order chi connectivity index (χ0) is 26.2. The molecule has 1 fully saturated rings. The minimum absolute atomic E-state index is 0.0415. The summed E-state index contributed by atoms with van der Waals surface area (Å²) < 4.78 is 59.1. The highest BCUT2D eigenvalue weighted by Gasteiger charge is 2.27. The Kier molecular flexibility index (Phi) is 6.57. The number of aromatic nitrogens is 3. The topological polar surface area (TPSA) is 68.5 Å². The molecule has 0 saturated heterocycles. The van der Waals surface area contributed by atoms with Gasteiger partial charge in [-0.1, -0.05) is 18.2 Å². The molecule has 6 nitrogen and oxygen atoms in total. The predicted molar refractivity (Wildman–Crippen MR) is 130 cm³/mol. The van der Waals surface area contributed by atoms with Gasteiger partial charge in [0.1, 0.15) is 11.6 Å². The number of anilines is 1. The van der Waals surface area contributed by atoms with E-state index in [9.17, 15) is 22.4 Å². The zero-order valence-electron chi connectivity index (χ0n) is 20.0. The molecule has 10 heteroatoms. The summed E-state index contributed by atoms with van der Waals surface area (Å²) in [5.41, 5.74) is 3.35. The lowest BCUT2D eigenvalue weighted by Gasteiger charge is -2.13. The van der Waals surface area contributed by atoms with Gasteiger partial charge in [-0.05, 0) is 49.4 Å². The summed E-state index contributed by atoms with van der Waals surface area (Å²) in [6.07, 6.45) is -1.07. The highest BCUT2D eigenvalue weighted by molar-refractivity contribution is 5.98. The molecule has 1 saturated carbocycles. The van der Waals surface area contributed by atoms with Crippen molar-refractivity contribution in [3.8, 4) is 22.9 Å². The molecule has 4 aromatic rings. The molecule has 0 atom stereocenters. The number of benzene rings is 2. The number of hydrogen-bond donors (Lipinski definition) is 1. The van der Waals surface area contributed by atoms with Crippen LogP contribution in [0.1, 0.15) is 41.6 Å². The maximum atomic E-state index is 13.7. The fourth-order valence-electron chi connectivity index (χ4n) is 4.14. The van der Waals surface area contributed by atoms with Crippen LogP contribution in [0.15, 0.2) is 54.7 Å². The lowest BCUT2D eigenvalue weighted by Crippen LogP contribution is -2.15. The maximum Gasteiger partial charge on any atom is 0.390 e. The third-order valence-electron chi connectivity index (χ3n) is 6.18. The zero-order valence-corrected chi connectivity index (χ0v) is 20.0. The number of carbonyl (C=O) groups excluding carboxylic acids is 1. The summed E-state index contributed by atoms with van der Waals surface area (Å²) in [5, 5.41) is 7.23. The molecule has 0 unspecified atom stereocenters. The first kappa shape index (κ1) is 24.7. The van der Waals surface area contributed by atoms with E-state index in [1.165, 1.54) is 28.8 Å². The quantitative estimate of drug-likeness (QED) is 0.194. The molecule has 2 heterocycles. The summed E-state index contributed by atoms with van der Waals surface area (Å²) in [6, 6.07) is 12.3. The second-order valence-corrected chi connectivity index (χ2v) is 9.23. The second-order valence-electron chi connectivity index (χ2n) is 9.23. The van der Waals surface area contributed by atoms with E-state index in [-0.39, 0.29) is 29.6 Å². The van der Waals surface area contributed by atoms with E-state index in [1.54, 1.807) is 24.4 Å². The van der Waals surface area contributed by atoms with Crippen molar-refractivity contribution in [3.05, 3.63) is 71.7 Å². The molecular formula is C27H24F4N4O2. The smallest absolute Gasteiger partial charge is 0.390 e. The van der Waals surface area contributed by atoms with Crippen LogP contribution in [0, 0.1) is 18.7 Å². The normalized spacial score (nSPS) is 13.6. The van der Waals surface area contributed by atoms with Gasteiger partial charge < -0.3 is 10.1 Å². The number of alkyl halides is 3. The summed E-state index contributed by atoms with van der Waals surface area (Å²) >= 11 is 0. The van der Waals surface area contributed by atoms with E-state index in [0.29, 0.717) is 29.2 Å². The molecule has 5 rings (SSSR count). The largest absolute Gasteiger partial charge is 0.437 e. The summed E-state index contributed by atoms with van der Waals surface area (Å²) in [4.78, 5) is 17.0. The molecule has 0 radical (unpaired) electrons. The Bertz CT molecular complexity index is 1460. The van der Waals surface area contributed by atoms with Crippen LogP contribution in [0.4, 0.5) is 23.2 Å². The van der Waals surface area contributed by atoms with Crippen molar-refractivity contribution in [2.24, 2.45) is 5.92 Å². The van der Waals surface area contributed by atoms with Gasteiger partial charge in [-0.25, -0.2) is 13.9 Å². The van der Waals surface area contributed by atoms with Crippen molar-refractivity contribution in [2.45, 2.75) is 38.8 Å². The molecule has 1 N–H and O–H groups in total. The summed E-state index contributed by atoms with van der Waals surface area (Å²) in [5.74, 6) is 0.320. The molecule has 0 amide bonds. The van der Waals surface area contributed by atoms with Crippen molar-refractivity contribution in [3.63, 3.8) is 0 Å². The van der Waals surface area contributed by atoms with Crippen molar-refractivity contribution < 1.29 is 27.1 Å². The average Bonchev–Trinajstić information content (AvgIpc) is 3.53. The lowest BCUT2D eigenvalue weighted by atomic mass is 9.98. The standard InChI is InChI=1S/C27H24F4N4O2/c1-16-11-18(7-8-21(16)24(36)12-17-5-6-17)23-15-33-26-22(32-10-9-27(29,30)31)14-25(34-35(23)26)37-20-4-2-3-19(28)13-20/h2-4,7-8,11,13-15,17,32H,5-6,9-10,12H2,1H3. The average molecular weight is 513 g/mol. The molecular weight excluding hydrogens is 488 g/mol. The fourth-order valence-corrected chi connectivity index (χ4v) is 4.14. The number of hydrogen-bond acceptors (Lipinski definition) is 5. The number of rotatable bonds is 9. The second kappa shape index (κ2) is 9.84. The van der Waals surface area contributed by atoms with Gasteiger partial charge >= 0.3 is 6.18 Å². The molecule has 2 aromatic carbocycles. The maximum absolute atomic E-state index is 13.7. The van der Waals surface area contributed by atoms with Crippen LogP contribution in [0.25, 0.3) is 16.9 Å². The number of fused-ring (bicyclic) bond motifs is 1. The van der Waals surface area contributed by atoms with Gasteiger partial charge in [-0.2, -0.15) is 13.2 Å². The van der Waals surface area contributed by atoms with Crippen molar-refractivity contribution >= 4 is 17.1 Å². The Labute approximate surface area is 210 Å². The number of imidazole rings is 1. The predicted octanol–water partition coefficient (Wildman–Crippen LogP) is 6.98. The summed E-state index contributed by atoms with van der Waals surface area (Å²) in [7, 11) is 0. The van der Waals surface area contributed by atoms with Crippen LogP contribution in [-0.4, -0.2) is 33.1 Å². The lowest BCUT2D eigenvalue weighted by molar-refractivity contribution is -0.131. The molecule has 0 bridgehead atoms. The van der Waals surface area contributed by atoms with Gasteiger partial charge in [-0.15, -0.1) is 5.10 Å².